The van der Waals surface area contributed by atoms with Crippen molar-refractivity contribution in [3.8, 4) is 0 Å². The number of halogens is 2. The van der Waals surface area contributed by atoms with E-state index in [1.165, 1.54) is 6.42 Å². The maximum absolute atomic E-state index is 5.35. The highest BCUT2D eigenvalue weighted by molar-refractivity contribution is 7.80. The van der Waals surface area contributed by atoms with Gasteiger partial charge in [0.25, 0.3) is 0 Å². The van der Waals surface area contributed by atoms with E-state index in [0.29, 0.717) is 0 Å². The van der Waals surface area contributed by atoms with Crippen molar-refractivity contribution in [3.63, 3.8) is 0 Å². The fraction of sp³-hybridized carbons (Fsp3) is 1.00. The Kier molecular flexibility index (Phi) is 9.11. The second kappa shape index (κ2) is 8.21. The Morgan fingerprint density at radius 2 is 2.10 bits per heavy atom. The maximum atomic E-state index is 5.35. The fourth-order valence-electron chi connectivity index (χ4n) is 0.563. The molecule has 0 saturated heterocycles. The molecule has 0 aromatic rings. The van der Waals surface area contributed by atoms with Gasteiger partial charge in [0.2, 0.25) is 0 Å². The molecule has 0 atom stereocenters. The van der Waals surface area contributed by atoms with Crippen LogP contribution in [0.1, 0.15) is 12.8 Å². The topological polar surface area (TPSA) is 9.23 Å². The zero-order valence-corrected chi connectivity index (χ0v) is 9.54. The van der Waals surface area contributed by atoms with Crippen molar-refractivity contribution >= 4 is 45.6 Å². The van der Waals surface area contributed by atoms with Gasteiger partial charge in [0.15, 0.2) is 14.8 Å². The van der Waals surface area contributed by atoms with Gasteiger partial charge in [-0.1, -0.05) is 29.6 Å². The smallest absolute Gasteiger partial charge is 0.197 e. The molecule has 1 nitrogen and oxygen atoms in total. The van der Waals surface area contributed by atoms with Crippen molar-refractivity contribution in [2.45, 2.75) is 23.9 Å². The Morgan fingerprint density at radius 3 is 2.60 bits per heavy atom. The molecular weight excluding hydrogens is 207 g/mol. The quantitative estimate of drug-likeness (QED) is 0.311. The Morgan fingerprint density at radius 1 is 1.40 bits per heavy atom. The number of unbranched alkanes of at least 4 members (excludes halogenated alkanes) is 1. The molecule has 0 aliphatic rings. The highest BCUT2D eigenvalue weighted by Crippen LogP contribution is 2.04. The second-order valence-corrected chi connectivity index (χ2v) is 4.83. The van der Waals surface area contributed by atoms with Crippen LogP contribution in [0.3, 0.4) is 0 Å². The van der Waals surface area contributed by atoms with E-state index in [1.807, 2.05) is 0 Å². The van der Waals surface area contributed by atoms with Crippen LogP contribution >= 0.6 is 35.8 Å². The van der Waals surface area contributed by atoms with Crippen LogP contribution in [-0.2, 0) is 4.43 Å². The number of thiol groups is 1. The summed E-state index contributed by atoms with van der Waals surface area (Å²) < 4.78 is 5.03. The first kappa shape index (κ1) is 11.1. The van der Waals surface area contributed by atoms with E-state index in [9.17, 15) is 0 Å². The molecule has 0 saturated carbocycles. The summed E-state index contributed by atoms with van der Waals surface area (Å²) in [6.45, 7) is 0. The standard InChI is InChI=1S/C5H12Cl2OSSi/c6-5(7)8-10-4-2-1-3-9/h5,9H,1-4,10H2. The first-order chi connectivity index (χ1) is 4.77. The van der Waals surface area contributed by atoms with Gasteiger partial charge in [-0.2, -0.15) is 12.6 Å². The second-order valence-electron chi connectivity index (χ2n) is 1.92. The molecule has 0 bridgehead atoms. The van der Waals surface area contributed by atoms with Gasteiger partial charge in [0.1, 0.15) is 0 Å². The van der Waals surface area contributed by atoms with Gasteiger partial charge in [-0.3, -0.25) is 0 Å². The predicted octanol–water partition coefficient (Wildman–Crippen LogP) is 1.98. The molecule has 0 heterocycles. The minimum absolute atomic E-state index is 0.454. The third-order valence-electron chi connectivity index (χ3n) is 1.05. The molecule has 0 spiro atoms. The van der Waals surface area contributed by atoms with Crippen molar-refractivity contribution in [2.24, 2.45) is 0 Å². The van der Waals surface area contributed by atoms with Crippen molar-refractivity contribution < 1.29 is 4.43 Å². The average molecular weight is 219 g/mol. The summed E-state index contributed by atoms with van der Waals surface area (Å²) in [6, 6.07) is 1.15. The molecular formula is C5H12Cl2OSSi. The lowest BCUT2D eigenvalue weighted by Crippen LogP contribution is -2.01. The van der Waals surface area contributed by atoms with Crippen LogP contribution in [0.5, 0.6) is 0 Å². The Bertz CT molecular complexity index is 74.7. The lowest BCUT2D eigenvalue weighted by atomic mass is 10.4. The Labute approximate surface area is 79.8 Å². The van der Waals surface area contributed by atoms with Gasteiger partial charge in [0.05, 0.1) is 0 Å². The van der Waals surface area contributed by atoms with E-state index in [-0.39, 0.29) is 0 Å². The number of rotatable bonds is 6. The number of alkyl halides is 2. The van der Waals surface area contributed by atoms with E-state index < -0.39 is 14.8 Å². The van der Waals surface area contributed by atoms with Gasteiger partial charge in [-0.15, -0.1) is 0 Å². The minimum atomic E-state index is -0.609. The SMILES string of the molecule is SCCCC[SiH2]OC(Cl)Cl. The van der Waals surface area contributed by atoms with E-state index >= 15 is 0 Å². The number of hydrogen-bond donors (Lipinski definition) is 1. The highest BCUT2D eigenvalue weighted by atomic mass is 35.5. The van der Waals surface area contributed by atoms with Crippen LogP contribution in [-0.4, -0.2) is 20.5 Å². The van der Waals surface area contributed by atoms with Gasteiger partial charge in [0, 0.05) is 0 Å². The molecule has 10 heavy (non-hydrogen) atoms. The summed E-state index contributed by atoms with van der Waals surface area (Å²) >= 11 is 14.8. The zero-order valence-electron chi connectivity index (χ0n) is 5.72. The molecule has 0 aromatic carbocycles. The summed E-state index contributed by atoms with van der Waals surface area (Å²) in [7, 11) is -0.454. The molecule has 0 unspecified atom stereocenters. The van der Waals surface area contributed by atoms with Crippen LogP contribution in [0.15, 0.2) is 0 Å². The Hall–Kier alpha value is 1.11. The monoisotopic (exact) mass is 218 g/mol. The van der Waals surface area contributed by atoms with E-state index in [0.717, 1.165) is 18.2 Å². The largest absolute Gasteiger partial charge is 0.397 e. The zero-order chi connectivity index (χ0) is 7.82. The van der Waals surface area contributed by atoms with Crippen LogP contribution in [0, 0.1) is 0 Å². The average Bonchev–Trinajstić information content (AvgIpc) is 1.87. The van der Waals surface area contributed by atoms with Gasteiger partial charge < -0.3 is 4.43 Å². The molecule has 0 rings (SSSR count). The van der Waals surface area contributed by atoms with Crippen LogP contribution in [0.25, 0.3) is 0 Å². The molecule has 62 valence electrons. The first-order valence-electron chi connectivity index (χ1n) is 3.28. The van der Waals surface area contributed by atoms with E-state index in [2.05, 4.69) is 12.6 Å². The molecule has 0 fully saturated rings. The van der Waals surface area contributed by atoms with Crippen molar-refractivity contribution in [1.29, 1.82) is 0 Å². The van der Waals surface area contributed by atoms with E-state index in [1.54, 1.807) is 0 Å². The molecule has 5 heteroatoms. The first-order valence-corrected chi connectivity index (χ1v) is 6.36. The molecule has 0 aliphatic heterocycles. The summed E-state index contributed by atoms with van der Waals surface area (Å²) in [5.41, 5.74) is 0. The lowest BCUT2D eigenvalue weighted by Gasteiger charge is -2.01. The molecule has 0 N–H and O–H groups in total. The Balaban J connectivity index is 2.77. The third-order valence-corrected chi connectivity index (χ3v) is 3.39. The summed E-state index contributed by atoms with van der Waals surface area (Å²) in [5.74, 6) is 0.958. The molecule has 0 aliphatic carbocycles. The van der Waals surface area contributed by atoms with E-state index in [4.69, 9.17) is 27.6 Å². The molecule has 0 radical (unpaired) electrons. The third kappa shape index (κ3) is 9.11. The van der Waals surface area contributed by atoms with Gasteiger partial charge in [-0.05, 0) is 18.2 Å². The molecule has 0 amide bonds. The summed E-state index contributed by atoms with van der Waals surface area (Å²) in [4.78, 5) is 0. The fourth-order valence-corrected chi connectivity index (χ4v) is 2.22. The van der Waals surface area contributed by atoms with Crippen molar-refractivity contribution in [3.05, 3.63) is 0 Å². The maximum Gasteiger partial charge on any atom is 0.197 e. The minimum Gasteiger partial charge on any atom is -0.397 e. The van der Waals surface area contributed by atoms with Crippen molar-refractivity contribution in [1.82, 2.24) is 0 Å². The van der Waals surface area contributed by atoms with Crippen LogP contribution in [0.4, 0.5) is 0 Å². The summed E-state index contributed by atoms with van der Waals surface area (Å²) in [6.07, 6.45) is 2.35. The van der Waals surface area contributed by atoms with Gasteiger partial charge in [-0.25, -0.2) is 0 Å². The van der Waals surface area contributed by atoms with Gasteiger partial charge >= 0.3 is 0 Å². The summed E-state index contributed by atoms with van der Waals surface area (Å²) in [5, 5.41) is -0.609. The lowest BCUT2D eigenvalue weighted by molar-refractivity contribution is 0.374. The molecule has 0 aromatic heterocycles. The predicted molar refractivity (Wildman–Crippen MR) is 53.0 cm³/mol. The number of hydrogen-bond acceptors (Lipinski definition) is 2. The van der Waals surface area contributed by atoms with Crippen LogP contribution in [0.2, 0.25) is 6.04 Å². The highest BCUT2D eigenvalue weighted by Gasteiger charge is 1.96. The van der Waals surface area contributed by atoms with Crippen molar-refractivity contribution in [2.75, 3.05) is 5.75 Å². The van der Waals surface area contributed by atoms with Crippen LogP contribution < -0.4 is 0 Å². The normalized spacial score (nSPS) is 12.0.